The van der Waals surface area contributed by atoms with Gasteiger partial charge in [-0.1, -0.05) is 37.3 Å². The normalized spacial score (nSPS) is 15.4. The molecule has 0 aliphatic carbocycles. The van der Waals surface area contributed by atoms with Crippen LogP contribution in [0.3, 0.4) is 0 Å². The molecule has 0 bridgehead atoms. The minimum absolute atomic E-state index is 0.362. The minimum Gasteiger partial charge on any atom is -0.494 e. The maximum absolute atomic E-state index is 12.2. The van der Waals surface area contributed by atoms with E-state index in [1.54, 1.807) is 0 Å². The predicted octanol–water partition coefficient (Wildman–Crippen LogP) is 4.71. The van der Waals surface area contributed by atoms with E-state index in [-0.39, 0.29) is 0 Å². The first-order chi connectivity index (χ1) is 14.1. The number of hydrogen-bond donors (Lipinski definition) is 1. The van der Waals surface area contributed by atoms with E-state index in [4.69, 9.17) is 9.72 Å². The zero-order valence-corrected chi connectivity index (χ0v) is 16.7. The van der Waals surface area contributed by atoms with Crippen LogP contribution in [0.4, 0.5) is 0 Å². The van der Waals surface area contributed by atoms with E-state index in [1.807, 2.05) is 55.5 Å². The second-order valence-corrected chi connectivity index (χ2v) is 7.11. The standard InChI is InChI=1S/C24H24N2O3/c1-3-26-14-17(13-16-9-11-18(12-10-16)29-4-2)23-20(15-26)22(24(27)28)19-7-5-6-8-21(19)25-23/h5-13H,3-4,14-15H2,1-2H3,(H,27,28)/b17-13-. The van der Waals surface area contributed by atoms with Gasteiger partial charge in [-0.2, -0.15) is 0 Å². The molecule has 1 N–H and O–H groups in total. The van der Waals surface area contributed by atoms with Crippen LogP contribution < -0.4 is 4.74 Å². The largest absolute Gasteiger partial charge is 0.494 e. The van der Waals surface area contributed by atoms with E-state index < -0.39 is 5.97 Å². The molecular weight excluding hydrogens is 364 g/mol. The van der Waals surface area contributed by atoms with Crippen LogP contribution in [0.5, 0.6) is 5.75 Å². The summed E-state index contributed by atoms with van der Waals surface area (Å²) in [6.07, 6.45) is 2.10. The van der Waals surface area contributed by atoms with Crippen LogP contribution in [0.1, 0.15) is 41.0 Å². The molecule has 1 aromatic heterocycles. The van der Waals surface area contributed by atoms with Gasteiger partial charge >= 0.3 is 5.97 Å². The van der Waals surface area contributed by atoms with E-state index in [1.165, 1.54) is 0 Å². The number of fused-ring (bicyclic) bond motifs is 2. The fourth-order valence-electron chi connectivity index (χ4n) is 3.88. The maximum atomic E-state index is 12.2. The van der Waals surface area contributed by atoms with Crippen molar-refractivity contribution in [1.82, 2.24) is 9.88 Å². The summed E-state index contributed by atoms with van der Waals surface area (Å²) in [4.78, 5) is 19.3. The third-order valence-corrected chi connectivity index (χ3v) is 5.27. The van der Waals surface area contributed by atoms with Gasteiger partial charge in [0.05, 0.1) is 23.4 Å². The number of carboxylic acids is 1. The van der Waals surface area contributed by atoms with Gasteiger partial charge in [0.2, 0.25) is 0 Å². The number of aromatic carboxylic acids is 1. The molecule has 0 unspecified atom stereocenters. The van der Waals surface area contributed by atoms with Crippen molar-refractivity contribution in [2.45, 2.75) is 20.4 Å². The van der Waals surface area contributed by atoms with E-state index >= 15 is 0 Å². The molecule has 2 heterocycles. The Bertz CT molecular complexity index is 1090. The molecule has 5 nitrogen and oxygen atoms in total. The lowest BCUT2D eigenvalue weighted by Gasteiger charge is -2.30. The lowest BCUT2D eigenvalue weighted by Crippen LogP contribution is -2.31. The average Bonchev–Trinajstić information content (AvgIpc) is 2.73. The molecule has 1 aliphatic rings. The number of para-hydroxylation sites is 1. The number of nitrogens with zero attached hydrogens (tertiary/aromatic N) is 2. The van der Waals surface area contributed by atoms with Crippen molar-refractivity contribution in [2.75, 3.05) is 19.7 Å². The van der Waals surface area contributed by atoms with Crippen molar-refractivity contribution < 1.29 is 14.6 Å². The van der Waals surface area contributed by atoms with Crippen molar-refractivity contribution in [2.24, 2.45) is 0 Å². The van der Waals surface area contributed by atoms with E-state index in [2.05, 4.69) is 17.9 Å². The predicted molar refractivity (Wildman–Crippen MR) is 115 cm³/mol. The maximum Gasteiger partial charge on any atom is 0.336 e. The number of carbonyl (C=O) groups is 1. The van der Waals surface area contributed by atoms with Crippen LogP contribution in [0.2, 0.25) is 0 Å². The number of likely N-dealkylation sites (N-methyl/N-ethyl adjacent to an activating group) is 1. The van der Waals surface area contributed by atoms with Gasteiger partial charge < -0.3 is 9.84 Å². The number of pyridine rings is 1. The average molecular weight is 388 g/mol. The van der Waals surface area contributed by atoms with Crippen LogP contribution in [0.25, 0.3) is 22.6 Å². The Morgan fingerprint density at radius 3 is 2.59 bits per heavy atom. The van der Waals surface area contributed by atoms with Crippen molar-refractivity contribution in [3.63, 3.8) is 0 Å². The third kappa shape index (κ3) is 3.74. The van der Waals surface area contributed by atoms with Crippen molar-refractivity contribution in [3.8, 4) is 5.75 Å². The summed E-state index contributed by atoms with van der Waals surface area (Å²) < 4.78 is 5.53. The molecule has 0 radical (unpaired) electrons. The van der Waals surface area contributed by atoms with Gasteiger partial charge in [0.1, 0.15) is 5.75 Å². The molecular formula is C24H24N2O3. The number of hydrogen-bond acceptors (Lipinski definition) is 4. The Morgan fingerprint density at radius 2 is 1.90 bits per heavy atom. The summed E-state index contributed by atoms with van der Waals surface area (Å²) in [5.74, 6) is -0.0654. The molecule has 0 saturated heterocycles. The topological polar surface area (TPSA) is 62.7 Å². The molecule has 3 aromatic rings. The Hall–Kier alpha value is -3.18. The highest BCUT2D eigenvalue weighted by Gasteiger charge is 2.27. The number of benzene rings is 2. The van der Waals surface area contributed by atoms with Crippen molar-refractivity contribution >= 4 is 28.5 Å². The summed E-state index contributed by atoms with van der Waals surface area (Å²) in [6.45, 7) is 6.85. The summed E-state index contributed by atoms with van der Waals surface area (Å²) in [6, 6.07) is 15.4. The second-order valence-electron chi connectivity index (χ2n) is 7.11. The lowest BCUT2D eigenvalue weighted by molar-refractivity contribution is 0.0696. The van der Waals surface area contributed by atoms with Crippen LogP contribution >= 0.6 is 0 Å². The Balaban J connectivity index is 1.88. The Labute approximate surface area is 170 Å². The van der Waals surface area contributed by atoms with Gasteiger partial charge in [-0.25, -0.2) is 9.78 Å². The number of aromatic nitrogens is 1. The van der Waals surface area contributed by atoms with Gasteiger partial charge in [0.25, 0.3) is 0 Å². The second kappa shape index (κ2) is 8.05. The molecule has 2 aromatic carbocycles. The zero-order valence-electron chi connectivity index (χ0n) is 16.7. The van der Waals surface area contributed by atoms with Crippen LogP contribution in [-0.2, 0) is 6.54 Å². The fraction of sp³-hybridized carbons (Fsp3) is 0.250. The molecule has 29 heavy (non-hydrogen) atoms. The first-order valence-corrected chi connectivity index (χ1v) is 9.91. The van der Waals surface area contributed by atoms with Gasteiger partial charge in [-0.15, -0.1) is 0 Å². The highest BCUT2D eigenvalue weighted by molar-refractivity contribution is 6.06. The molecule has 4 rings (SSSR count). The molecule has 0 amide bonds. The minimum atomic E-state index is -0.904. The molecule has 1 aliphatic heterocycles. The van der Waals surface area contributed by atoms with Crippen LogP contribution in [0.15, 0.2) is 48.5 Å². The highest BCUT2D eigenvalue weighted by Crippen LogP contribution is 2.34. The number of rotatable bonds is 5. The highest BCUT2D eigenvalue weighted by atomic mass is 16.5. The van der Waals surface area contributed by atoms with Gasteiger partial charge in [0, 0.05) is 24.0 Å². The lowest BCUT2D eigenvalue weighted by atomic mass is 9.92. The summed E-state index contributed by atoms with van der Waals surface area (Å²) in [5.41, 5.74) is 4.73. The zero-order chi connectivity index (χ0) is 20.4. The van der Waals surface area contributed by atoms with E-state index in [0.717, 1.165) is 41.2 Å². The van der Waals surface area contributed by atoms with Crippen LogP contribution in [-0.4, -0.2) is 40.7 Å². The van der Waals surface area contributed by atoms with Gasteiger partial charge in [-0.3, -0.25) is 4.90 Å². The first kappa shape index (κ1) is 19.2. The summed E-state index contributed by atoms with van der Waals surface area (Å²) in [7, 11) is 0. The van der Waals surface area contributed by atoms with Crippen LogP contribution in [0, 0.1) is 0 Å². The molecule has 0 atom stereocenters. The number of ether oxygens (including phenoxy) is 1. The Kier molecular flexibility index (Phi) is 5.32. The monoisotopic (exact) mass is 388 g/mol. The summed E-state index contributed by atoms with van der Waals surface area (Å²) >= 11 is 0. The van der Waals surface area contributed by atoms with Crippen molar-refractivity contribution in [1.29, 1.82) is 0 Å². The molecule has 0 spiro atoms. The van der Waals surface area contributed by atoms with Gasteiger partial charge in [0.15, 0.2) is 0 Å². The molecule has 148 valence electrons. The fourth-order valence-corrected chi connectivity index (χ4v) is 3.88. The molecule has 5 heteroatoms. The van der Waals surface area contributed by atoms with E-state index in [9.17, 15) is 9.90 Å². The smallest absolute Gasteiger partial charge is 0.336 e. The third-order valence-electron chi connectivity index (χ3n) is 5.27. The van der Waals surface area contributed by atoms with E-state index in [0.29, 0.717) is 29.6 Å². The summed E-state index contributed by atoms with van der Waals surface area (Å²) in [5, 5.41) is 10.7. The Morgan fingerprint density at radius 1 is 1.14 bits per heavy atom. The quantitative estimate of drug-likeness (QED) is 0.686. The van der Waals surface area contributed by atoms with Gasteiger partial charge in [-0.05, 0) is 48.9 Å². The first-order valence-electron chi connectivity index (χ1n) is 9.91. The number of carboxylic acid groups (broad SMARTS) is 1. The van der Waals surface area contributed by atoms with Crippen molar-refractivity contribution in [3.05, 3.63) is 70.9 Å². The molecule has 0 fully saturated rings. The molecule has 0 saturated carbocycles. The SMILES string of the molecule is CCOc1ccc(/C=C2/CN(CC)Cc3c2nc2ccccc2c3C(=O)O)cc1.